The summed E-state index contributed by atoms with van der Waals surface area (Å²) < 4.78 is 1.02. The predicted octanol–water partition coefficient (Wildman–Crippen LogP) is 2.80. The van der Waals surface area contributed by atoms with Gasteiger partial charge in [-0.2, -0.15) is 0 Å². The van der Waals surface area contributed by atoms with E-state index in [1.54, 1.807) is 0 Å². The van der Waals surface area contributed by atoms with Gasteiger partial charge in [-0.25, -0.2) is 9.97 Å². The van der Waals surface area contributed by atoms with Gasteiger partial charge in [-0.1, -0.05) is 28.1 Å². The highest BCUT2D eigenvalue weighted by molar-refractivity contribution is 9.10. The SMILES string of the molecule is Cc1ncnc(N)c1-c1cccc(Br)c1. The summed E-state index contributed by atoms with van der Waals surface area (Å²) in [5.74, 6) is 0.514. The molecule has 0 unspecified atom stereocenters. The number of nitrogen functional groups attached to an aromatic ring is 1. The average molecular weight is 264 g/mol. The number of halogens is 1. The Labute approximate surface area is 96.5 Å². The second kappa shape index (κ2) is 3.98. The number of rotatable bonds is 1. The zero-order valence-corrected chi connectivity index (χ0v) is 9.82. The molecule has 0 saturated carbocycles. The van der Waals surface area contributed by atoms with E-state index in [0.29, 0.717) is 5.82 Å². The minimum atomic E-state index is 0.514. The van der Waals surface area contributed by atoms with E-state index >= 15 is 0 Å². The topological polar surface area (TPSA) is 51.8 Å². The van der Waals surface area contributed by atoms with Crippen LogP contribution in [0.3, 0.4) is 0 Å². The molecular weight excluding hydrogens is 254 g/mol. The van der Waals surface area contributed by atoms with Crippen LogP contribution < -0.4 is 5.73 Å². The van der Waals surface area contributed by atoms with Crippen LogP contribution >= 0.6 is 15.9 Å². The highest BCUT2D eigenvalue weighted by Gasteiger charge is 2.07. The molecule has 76 valence electrons. The number of anilines is 1. The lowest BCUT2D eigenvalue weighted by Gasteiger charge is -2.07. The number of nitrogens with two attached hydrogens (primary N) is 1. The average Bonchev–Trinajstić information content (AvgIpc) is 2.17. The maximum absolute atomic E-state index is 5.84. The molecule has 0 radical (unpaired) electrons. The summed E-state index contributed by atoms with van der Waals surface area (Å²) in [6.45, 7) is 1.92. The molecule has 15 heavy (non-hydrogen) atoms. The normalized spacial score (nSPS) is 10.3. The van der Waals surface area contributed by atoms with E-state index in [-0.39, 0.29) is 0 Å². The van der Waals surface area contributed by atoms with E-state index < -0.39 is 0 Å². The largest absolute Gasteiger partial charge is 0.383 e. The molecule has 0 aliphatic carbocycles. The second-order valence-electron chi connectivity index (χ2n) is 3.23. The first-order chi connectivity index (χ1) is 7.18. The Morgan fingerprint density at radius 1 is 1.27 bits per heavy atom. The molecule has 0 bridgehead atoms. The lowest BCUT2D eigenvalue weighted by molar-refractivity contribution is 1.11. The molecule has 1 aromatic heterocycles. The summed E-state index contributed by atoms with van der Waals surface area (Å²) >= 11 is 3.43. The smallest absolute Gasteiger partial charge is 0.134 e. The van der Waals surface area contributed by atoms with Gasteiger partial charge in [-0.05, 0) is 24.6 Å². The number of hydrogen-bond donors (Lipinski definition) is 1. The minimum absolute atomic E-state index is 0.514. The Balaban J connectivity index is 2.63. The molecule has 4 heteroatoms. The van der Waals surface area contributed by atoms with Crippen molar-refractivity contribution in [1.82, 2.24) is 9.97 Å². The summed E-state index contributed by atoms with van der Waals surface area (Å²) in [5.41, 5.74) is 8.66. The fourth-order valence-corrected chi connectivity index (χ4v) is 1.89. The Kier molecular flexibility index (Phi) is 2.68. The standard InChI is InChI=1S/C11H10BrN3/c1-7-10(11(13)15-6-14-7)8-3-2-4-9(12)5-8/h2-6H,1H3,(H2,13,14,15). The fraction of sp³-hybridized carbons (Fsp3) is 0.0909. The van der Waals surface area contributed by atoms with Gasteiger partial charge < -0.3 is 5.73 Å². The first-order valence-corrected chi connectivity index (χ1v) is 5.31. The van der Waals surface area contributed by atoms with Gasteiger partial charge in [0.05, 0.1) is 5.69 Å². The molecule has 2 rings (SSSR count). The number of hydrogen-bond acceptors (Lipinski definition) is 3. The third-order valence-electron chi connectivity index (χ3n) is 2.18. The fourth-order valence-electron chi connectivity index (χ4n) is 1.49. The Hall–Kier alpha value is -1.42. The molecular formula is C11H10BrN3. The van der Waals surface area contributed by atoms with Gasteiger partial charge in [0, 0.05) is 10.0 Å². The van der Waals surface area contributed by atoms with Crippen molar-refractivity contribution in [2.45, 2.75) is 6.92 Å². The molecule has 0 aliphatic heterocycles. The van der Waals surface area contributed by atoms with Crippen molar-refractivity contribution < 1.29 is 0 Å². The summed E-state index contributed by atoms with van der Waals surface area (Å²) in [5, 5.41) is 0. The van der Waals surface area contributed by atoms with E-state index in [0.717, 1.165) is 21.3 Å². The van der Waals surface area contributed by atoms with Crippen LogP contribution in [0.5, 0.6) is 0 Å². The predicted molar refractivity (Wildman–Crippen MR) is 64.3 cm³/mol. The second-order valence-corrected chi connectivity index (χ2v) is 4.15. The maximum Gasteiger partial charge on any atom is 0.134 e. The first-order valence-electron chi connectivity index (χ1n) is 4.51. The highest BCUT2D eigenvalue weighted by atomic mass is 79.9. The molecule has 2 N–H and O–H groups in total. The van der Waals surface area contributed by atoms with Crippen LogP contribution in [-0.2, 0) is 0 Å². The van der Waals surface area contributed by atoms with Gasteiger partial charge in [0.1, 0.15) is 12.1 Å². The van der Waals surface area contributed by atoms with Crippen molar-refractivity contribution in [3.05, 3.63) is 40.8 Å². The minimum Gasteiger partial charge on any atom is -0.383 e. The summed E-state index contributed by atoms with van der Waals surface area (Å²) in [4.78, 5) is 8.14. The van der Waals surface area contributed by atoms with Crippen molar-refractivity contribution in [1.29, 1.82) is 0 Å². The summed E-state index contributed by atoms with van der Waals surface area (Å²) in [6, 6.07) is 7.93. The Morgan fingerprint density at radius 3 is 2.73 bits per heavy atom. The quantitative estimate of drug-likeness (QED) is 0.861. The van der Waals surface area contributed by atoms with Gasteiger partial charge in [-0.3, -0.25) is 0 Å². The van der Waals surface area contributed by atoms with E-state index in [1.807, 2.05) is 31.2 Å². The number of nitrogens with zero attached hydrogens (tertiary/aromatic N) is 2. The van der Waals surface area contributed by atoms with Crippen LogP contribution in [-0.4, -0.2) is 9.97 Å². The molecule has 0 spiro atoms. The molecule has 0 fully saturated rings. The van der Waals surface area contributed by atoms with Gasteiger partial charge in [-0.15, -0.1) is 0 Å². The van der Waals surface area contributed by atoms with Crippen LogP contribution in [0.4, 0.5) is 5.82 Å². The third kappa shape index (κ3) is 1.99. The van der Waals surface area contributed by atoms with Gasteiger partial charge in [0.25, 0.3) is 0 Å². The number of benzene rings is 1. The van der Waals surface area contributed by atoms with E-state index in [2.05, 4.69) is 25.9 Å². The van der Waals surface area contributed by atoms with Crippen molar-refractivity contribution in [3.8, 4) is 11.1 Å². The summed E-state index contributed by atoms with van der Waals surface area (Å²) in [7, 11) is 0. The van der Waals surface area contributed by atoms with Crippen molar-refractivity contribution >= 4 is 21.7 Å². The van der Waals surface area contributed by atoms with Crippen LogP contribution in [0.15, 0.2) is 35.1 Å². The molecule has 2 aromatic rings. The number of aromatic nitrogens is 2. The van der Waals surface area contributed by atoms with Crippen LogP contribution in [0.1, 0.15) is 5.69 Å². The van der Waals surface area contributed by atoms with E-state index in [4.69, 9.17) is 5.73 Å². The van der Waals surface area contributed by atoms with Crippen molar-refractivity contribution in [2.24, 2.45) is 0 Å². The van der Waals surface area contributed by atoms with Crippen LogP contribution in [0, 0.1) is 6.92 Å². The highest BCUT2D eigenvalue weighted by Crippen LogP contribution is 2.28. The Bertz CT molecular complexity index is 477. The molecule has 3 nitrogen and oxygen atoms in total. The molecule has 0 saturated heterocycles. The third-order valence-corrected chi connectivity index (χ3v) is 2.67. The van der Waals surface area contributed by atoms with Crippen molar-refractivity contribution in [2.75, 3.05) is 5.73 Å². The molecule has 0 aliphatic rings. The van der Waals surface area contributed by atoms with E-state index in [1.165, 1.54) is 6.33 Å². The van der Waals surface area contributed by atoms with E-state index in [9.17, 15) is 0 Å². The molecule has 0 amide bonds. The molecule has 1 aromatic carbocycles. The lowest BCUT2D eigenvalue weighted by atomic mass is 10.1. The molecule has 0 atom stereocenters. The maximum atomic E-state index is 5.84. The summed E-state index contributed by atoms with van der Waals surface area (Å²) in [6.07, 6.45) is 1.48. The van der Waals surface area contributed by atoms with Crippen molar-refractivity contribution in [3.63, 3.8) is 0 Å². The zero-order chi connectivity index (χ0) is 10.8. The van der Waals surface area contributed by atoms with Crippen LogP contribution in [0.25, 0.3) is 11.1 Å². The van der Waals surface area contributed by atoms with Gasteiger partial charge in [0.15, 0.2) is 0 Å². The zero-order valence-electron chi connectivity index (χ0n) is 8.24. The van der Waals surface area contributed by atoms with Gasteiger partial charge in [0.2, 0.25) is 0 Å². The number of aryl methyl sites for hydroxylation is 1. The monoisotopic (exact) mass is 263 g/mol. The first kappa shape index (κ1) is 10.1. The molecule has 1 heterocycles. The Morgan fingerprint density at radius 2 is 2.07 bits per heavy atom. The van der Waals surface area contributed by atoms with Gasteiger partial charge >= 0.3 is 0 Å². The van der Waals surface area contributed by atoms with Crippen LogP contribution in [0.2, 0.25) is 0 Å². The lowest BCUT2D eigenvalue weighted by Crippen LogP contribution is -1.98.